The first-order valence-electron chi connectivity index (χ1n) is 29.9. The minimum absolute atomic E-state index is 0.0732. The average Bonchev–Trinajstić information content (AvgIpc) is 0.948. The molecule has 0 bridgehead atoms. The molecule has 0 spiro atoms. The molecule has 0 aliphatic heterocycles. The van der Waals surface area contributed by atoms with Crippen LogP contribution in [0.3, 0.4) is 0 Å². The fraction of sp³-hybridized carbons (Fsp3) is 0.133. The zero-order valence-electron chi connectivity index (χ0n) is 50.7. The second-order valence-electron chi connectivity index (χ2n) is 23.5. The van der Waals surface area contributed by atoms with Gasteiger partial charge in [-0.1, -0.05) is 232 Å². The lowest BCUT2D eigenvalue weighted by atomic mass is 9.32. The maximum Gasteiger partial charge on any atom is 0.242 e. The topological polar surface area (TPSA) is 0 Å². The number of hydrogen-bond donors (Lipinski definition) is 0. The molecular weight excluding hydrogens is 1010 g/mol. The van der Waals surface area contributed by atoms with E-state index in [-0.39, 0.29) is 6.71 Å². The lowest BCUT2D eigenvalue weighted by Gasteiger charge is -2.32. The van der Waals surface area contributed by atoms with Crippen molar-refractivity contribution in [2.24, 2.45) is 0 Å². The van der Waals surface area contributed by atoms with E-state index in [1.165, 1.54) is 178 Å². The molecule has 84 heavy (non-hydrogen) atoms. The average molecular weight is 1080 g/mol. The van der Waals surface area contributed by atoms with Crippen molar-refractivity contribution in [2.75, 3.05) is 0 Å². The highest BCUT2D eigenvalue weighted by atomic mass is 14.3. The molecule has 12 rings (SSSR count). The van der Waals surface area contributed by atoms with Crippen LogP contribution in [-0.2, 0) is 0 Å². The third-order valence-electron chi connectivity index (χ3n) is 18.7. The summed E-state index contributed by atoms with van der Waals surface area (Å²) in [5.41, 5.74) is 41.0. The molecule has 0 aliphatic rings. The summed E-state index contributed by atoms with van der Waals surface area (Å²) in [7, 11) is 0. The zero-order chi connectivity index (χ0) is 58.3. The van der Waals surface area contributed by atoms with Crippen LogP contribution < -0.4 is 16.4 Å². The first-order chi connectivity index (χ1) is 40.7. The molecule has 12 aromatic rings. The minimum atomic E-state index is -0.0732. The highest BCUT2D eigenvalue weighted by molar-refractivity contribution is 6.97. The van der Waals surface area contributed by atoms with Gasteiger partial charge in [0, 0.05) is 0 Å². The Bertz CT molecular complexity index is 3990. The van der Waals surface area contributed by atoms with E-state index >= 15 is 0 Å². The summed E-state index contributed by atoms with van der Waals surface area (Å²) >= 11 is 0. The number of rotatable bonds is 12. The summed E-state index contributed by atoms with van der Waals surface area (Å²) in [5, 5.41) is 0. The van der Waals surface area contributed by atoms with Gasteiger partial charge in [-0.3, -0.25) is 0 Å². The van der Waals surface area contributed by atoms with Crippen molar-refractivity contribution >= 4 is 23.1 Å². The molecule has 1 heteroatoms. The van der Waals surface area contributed by atoms with E-state index in [2.05, 4.69) is 319 Å². The second kappa shape index (κ2) is 23.2. The maximum absolute atomic E-state index is 2.57. The van der Waals surface area contributed by atoms with Crippen molar-refractivity contribution in [1.82, 2.24) is 0 Å². The predicted molar refractivity (Wildman–Crippen MR) is 365 cm³/mol. The first-order valence-corrected chi connectivity index (χ1v) is 29.9. The van der Waals surface area contributed by atoms with E-state index in [0.29, 0.717) is 0 Å². The van der Waals surface area contributed by atoms with E-state index in [1.807, 2.05) is 0 Å². The van der Waals surface area contributed by atoms with Gasteiger partial charge in [0.05, 0.1) is 0 Å². The van der Waals surface area contributed by atoms with Crippen LogP contribution in [0.5, 0.6) is 0 Å². The van der Waals surface area contributed by atoms with Gasteiger partial charge in [-0.2, -0.15) is 0 Å². The van der Waals surface area contributed by atoms with Gasteiger partial charge in [0.15, 0.2) is 0 Å². The van der Waals surface area contributed by atoms with Crippen molar-refractivity contribution < 1.29 is 0 Å². The maximum atomic E-state index is 2.57. The summed E-state index contributed by atoms with van der Waals surface area (Å²) in [5.74, 6) is 0. The van der Waals surface area contributed by atoms with Gasteiger partial charge in [0.2, 0.25) is 6.71 Å². The SMILES string of the molecule is Cc1cc(B(c2c(C)c(C)c(-c3cc(-c4ccccc4)cc(-c4ccccc4)c3)c(C)c2C)c2c(C)c(C)c(-c3cc(-c4ccccc4)cc(-c4ccccc4)c3)c(C)c2C)c(C)c(C)c1-c1cc(-c2ccccc2)cc(-c2ccccc2)c1. The molecule has 12 aromatic carbocycles. The highest BCUT2D eigenvalue weighted by Crippen LogP contribution is 2.42. The van der Waals surface area contributed by atoms with E-state index in [4.69, 9.17) is 0 Å². The summed E-state index contributed by atoms with van der Waals surface area (Å²) in [6.07, 6.45) is 0. The third-order valence-corrected chi connectivity index (χ3v) is 18.7. The van der Waals surface area contributed by atoms with E-state index in [0.717, 1.165) is 0 Å². The molecule has 0 saturated carbocycles. The number of hydrogen-bond acceptors (Lipinski definition) is 0. The van der Waals surface area contributed by atoms with Crippen LogP contribution in [0.2, 0.25) is 0 Å². The normalized spacial score (nSPS) is 11.3. The molecule has 0 aliphatic carbocycles. The highest BCUT2D eigenvalue weighted by Gasteiger charge is 2.35. The Labute approximate surface area is 500 Å². The number of aryl methyl sites for hydroxylation is 1. The molecule has 0 aromatic heterocycles. The molecule has 408 valence electrons. The van der Waals surface area contributed by atoms with Gasteiger partial charge in [-0.25, -0.2) is 0 Å². The second-order valence-corrected chi connectivity index (χ2v) is 23.5. The summed E-state index contributed by atoms with van der Waals surface area (Å²) in [6.45, 7) is 26.2. The lowest BCUT2D eigenvalue weighted by Crippen LogP contribution is -2.57. The van der Waals surface area contributed by atoms with Crippen LogP contribution in [0.1, 0.15) is 61.2 Å². The Morgan fingerprint density at radius 2 is 0.381 bits per heavy atom. The first kappa shape index (κ1) is 55.2. The Balaban J connectivity index is 1.11. The fourth-order valence-corrected chi connectivity index (χ4v) is 13.8. The quantitative estimate of drug-likeness (QED) is 0.107. The van der Waals surface area contributed by atoms with Gasteiger partial charge < -0.3 is 0 Å². The fourth-order valence-electron chi connectivity index (χ4n) is 13.8. The van der Waals surface area contributed by atoms with Gasteiger partial charge >= 0.3 is 0 Å². The van der Waals surface area contributed by atoms with Crippen LogP contribution in [0.15, 0.2) is 243 Å². The summed E-state index contributed by atoms with van der Waals surface area (Å²) in [4.78, 5) is 0. The van der Waals surface area contributed by atoms with Crippen molar-refractivity contribution in [1.29, 1.82) is 0 Å². The van der Waals surface area contributed by atoms with Gasteiger partial charge in [0.25, 0.3) is 0 Å². The lowest BCUT2D eigenvalue weighted by molar-refractivity contribution is 1.25. The van der Waals surface area contributed by atoms with E-state index in [9.17, 15) is 0 Å². The van der Waals surface area contributed by atoms with Gasteiger partial charge in [-0.05, 0) is 264 Å². The summed E-state index contributed by atoms with van der Waals surface area (Å²) in [6, 6.07) is 89.4. The number of benzene rings is 12. The molecule has 0 unspecified atom stereocenters. The summed E-state index contributed by atoms with van der Waals surface area (Å²) < 4.78 is 0. The molecule has 0 nitrogen and oxygen atoms in total. The van der Waals surface area contributed by atoms with Crippen molar-refractivity contribution in [3.05, 3.63) is 304 Å². The van der Waals surface area contributed by atoms with Crippen LogP contribution in [-0.4, -0.2) is 6.71 Å². The predicted octanol–water partition coefficient (Wildman–Crippen LogP) is 20.6. The molecule has 0 radical (unpaired) electrons. The molecule has 0 saturated heterocycles. The largest absolute Gasteiger partial charge is 0.242 e. The Morgan fingerprint density at radius 3 is 0.619 bits per heavy atom. The van der Waals surface area contributed by atoms with E-state index < -0.39 is 0 Å². The Hall–Kier alpha value is -9.30. The molecule has 0 amide bonds. The molecular formula is C83H73B. The van der Waals surface area contributed by atoms with Crippen LogP contribution in [0.4, 0.5) is 0 Å². The van der Waals surface area contributed by atoms with Crippen LogP contribution in [0, 0.1) is 76.2 Å². The molecule has 0 heterocycles. The Kier molecular flexibility index (Phi) is 15.2. The smallest absolute Gasteiger partial charge is 0.0652 e. The van der Waals surface area contributed by atoms with Crippen molar-refractivity contribution in [3.8, 4) is 100 Å². The Morgan fingerprint density at radius 1 is 0.179 bits per heavy atom. The molecule has 0 fully saturated rings. The van der Waals surface area contributed by atoms with Crippen LogP contribution >= 0.6 is 0 Å². The van der Waals surface area contributed by atoms with Crippen LogP contribution in [0.25, 0.3) is 100 Å². The standard InChI is InChI=1S/C83H73B/c1-52-42-78(53(2)54(3)79(52)75-46-69(63-30-18-12-19-31-63)43-70(47-75)64-32-20-13-21-33-64)84(82-59(8)55(4)80(56(5)60(82)9)76-48-71(65-34-22-14-23-35-65)44-72(49-76)66-36-24-15-25-37-66)83-61(10)57(6)81(58(7)62(83)11)77-50-73(67-38-26-16-27-39-67)45-74(51-77)68-40-28-17-29-41-68/h12-51H,1-11H3. The zero-order valence-corrected chi connectivity index (χ0v) is 50.7. The van der Waals surface area contributed by atoms with Crippen molar-refractivity contribution in [2.45, 2.75) is 76.2 Å². The third kappa shape index (κ3) is 10.3. The van der Waals surface area contributed by atoms with Crippen molar-refractivity contribution in [3.63, 3.8) is 0 Å². The van der Waals surface area contributed by atoms with Gasteiger partial charge in [-0.15, -0.1) is 0 Å². The minimum Gasteiger partial charge on any atom is -0.0652 e. The van der Waals surface area contributed by atoms with Gasteiger partial charge in [0.1, 0.15) is 0 Å². The molecule has 0 atom stereocenters. The monoisotopic (exact) mass is 1080 g/mol. The molecule has 0 N–H and O–H groups in total. The van der Waals surface area contributed by atoms with E-state index in [1.54, 1.807) is 0 Å².